The van der Waals surface area contributed by atoms with Gasteiger partial charge in [0.25, 0.3) is 0 Å². The van der Waals surface area contributed by atoms with Crippen LogP contribution in [0.15, 0.2) is 17.8 Å². The quantitative estimate of drug-likeness (QED) is 0.850. The van der Waals surface area contributed by atoms with Crippen molar-refractivity contribution in [3.05, 3.63) is 39.6 Å². The first-order valence-electron chi connectivity index (χ1n) is 7.11. The predicted molar refractivity (Wildman–Crippen MR) is 79.6 cm³/mol. The van der Waals surface area contributed by atoms with E-state index in [4.69, 9.17) is 0 Å². The molecule has 0 spiro atoms. The number of fused-ring (bicyclic) bond motifs is 1. The third-order valence-electron chi connectivity index (χ3n) is 3.89. The number of aromatic nitrogens is 2. The summed E-state index contributed by atoms with van der Waals surface area (Å²) in [6.45, 7) is 5.22. The molecule has 0 aliphatic heterocycles. The van der Waals surface area contributed by atoms with E-state index in [1.165, 1.54) is 47.5 Å². The van der Waals surface area contributed by atoms with E-state index in [2.05, 4.69) is 33.2 Å². The predicted octanol–water partition coefficient (Wildman–Crippen LogP) is 2.92. The zero-order valence-corrected chi connectivity index (χ0v) is 12.3. The van der Waals surface area contributed by atoms with Crippen molar-refractivity contribution in [2.45, 2.75) is 45.7 Å². The minimum absolute atomic E-state index is 0.986. The molecule has 0 bridgehead atoms. The summed E-state index contributed by atoms with van der Waals surface area (Å²) in [4.78, 5) is 5.99. The lowest BCUT2D eigenvalue weighted by molar-refractivity contribution is 0.564. The van der Waals surface area contributed by atoms with Gasteiger partial charge in [0, 0.05) is 30.2 Å². The Labute approximate surface area is 118 Å². The zero-order valence-electron chi connectivity index (χ0n) is 11.5. The largest absolute Gasteiger partial charge is 0.333 e. The van der Waals surface area contributed by atoms with Crippen LogP contribution in [0.3, 0.4) is 0 Å². The van der Waals surface area contributed by atoms with Gasteiger partial charge in [-0.25, -0.2) is 4.98 Å². The molecule has 0 radical (unpaired) electrons. The summed E-state index contributed by atoms with van der Waals surface area (Å²) in [5.41, 5.74) is 4.21. The summed E-state index contributed by atoms with van der Waals surface area (Å²) in [5.74, 6) is 0. The number of nitrogens with zero attached hydrogens (tertiary/aromatic N) is 2. The lowest BCUT2D eigenvalue weighted by atomic mass is 10.0. The summed E-state index contributed by atoms with van der Waals surface area (Å²) in [6, 6.07) is 2.19. The maximum absolute atomic E-state index is 4.54. The van der Waals surface area contributed by atoms with E-state index in [1.54, 1.807) is 0 Å². The van der Waals surface area contributed by atoms with Gasteiger partial charge in [0.05, 0.1) is 12.0 Å². The Morgan fingerprint density at radius 3 is 3.11 bits per heavy atom. The summed E-state index contributed by atoms with van der Waals surface area (Å²) in [7, 11) is 0. The average Bonchev–Trinajstić information content (AvgIpc) is 3.02. The van der Waals surface area contributed by atoms with E-state index in [1.807, 2.05) is 17.7 Å². The minimum atomic E-state index is 0.986. The van der Waals surface area contributed by atoms with Gasteiger partial charge in [-0.05, 0) is 49.6 Å². The maximum Gasteiger partial charge on any atom is 0.0952 e. The molecule has 0 fully saturated rings. The molecule has 2 aromatic rings. The third kappa shape index (κ3) is 2.90. The van der Waals surface area contributed by atoms with E-state index < -0.39 is 0 Å². The molecule has 102 valence electrons. The van der Waals surface area contributed by atoms with Crippen molar-refractivity contribution >= 4 is 11.3 Å². The number of rotatable bonds is 5. The van der Waals surface area contributed by atoms with Crippen molar-refractivity contribution in [1.82, 2.24) is 14.9 Å². The molecule has 2 heterocycles. The normalized spacial score (nSPS) is 14.6. The monoisotopic (exact) mass is 275 g/mol. The van der Waals surface area contributed by atoms with E-state index in [0.29, 0.717) is 0 Å². The van der Waals surface area contributed by atoms with Crippen molar-refractivity contribution in [1.29, 1.82) is 0 Å². The van der Waals surface area contributed by atoms with Crippen LogP contribution in [-0.2, 0) is 25.9 Å². The van der Waals surface area contributed by atoms with Crippen LogP contribution >= 0.6 is 11.3 Å². The summed E-state index contributed by atoms with van der Waals surface area (Å²) in [5, 5.41) is 5.70. The van der Waals surface area contributed by atoms with Gasteiger partial charge in [-0.3, -0.25) is 0 Å². The molecular weight excluding hydrogens is 254 g/mol. The van der Waals surface area contributed by atoms with Crippen LogP contribution in [0.25, 0.3) is 0 Å². The Balaban J connectivity index is 1.50. The maximum atomic E-state index is 4.54. The molecule has 1 N–H and O–H groups in total. The molecule has 1 aliphatic carbocycles. The highest BCUT2D eigenvalue weighted by Crippen LogP contribution is 2.19. The van der Waals surface area contributed by atoms with Crippen LogP contribution in [-0.4, -0.2) is 16.1 Å². The summed E-state index contributed by atoms with van der Waals surface area (Å²) in [6.07, 6.45) is 7.03. The van der Waals surface area contributed by atoms with Crippen molar-refractivity contribution in [2.24, 2.45) is 0 Å². The molecule has 4 heteroatoms. The average molecular weight is 275 g/mol. The first kappa shape index (κ1) is 12.9. The van der Waals surface area contributed by atoms with Crippen LogP contribution in [0.4, 0.5) is 0 Å². The summed E-state index contributed by atoms with van der Waals surface area (Å²) < 4.78 is 2.34. The van der Waals surface area contributed by atoms with Gasteiger partial charge in [0.1, 0.15) is 0 Å². The SMILES string of the molecule is Cc1ccsc1CNCCn1cnc2c1CCCC2. The number of imidazole rings is 1. The van der Waals surface area contributed by atoms with Crippen LogP contribution < -0.4 is 5.32 Å². The summed E-state index contributed by atoms with van der Waals surface area (Å²) >= 11 is 1.84. The zero-order chi connectivity index (χ0) is 13.1. The van der Waals surface area contributed by atoms with Crippen LogP contribution in [0.1, 0.15) is 34.7 Å². The number of hydrogen-bond acceptors (Lipinski definition) is 3. The molecule has 0 unspecified atom stereocenters. The van der Waals surface area contributed by atoms with Gasteiger partial charge in [0.2, 0.25) is 0 Å². The van der Waals surface area contributed by atoms with Gasteiger partial charge in [0.15, 0.2) is 0 Å². The number of nitrogens with one attached hydrogen (secondary N) is 1. The Morgan fingerprint density at radius 2 is 2.26 bits per heavy atom. The fourth-order valence-electron chi connectivity index (χ4n) is 2.71. The highest BCUT2D eigenvalue weighted by molar-refractivity contribution is 7.10. The van der Waals surface area contributed by atoms with E-state index >= 15 is 0 Å². The minimum Gasteiger partial charge on any atom is -0.333 e. The molecule has 3 rings (SSSR count). The molecule has 3 nitrogen and oxygen atoms in total. The molecule has 0 atom stereocenters. The number of hydrogen-bond donors (Lipinski definition) is 1. The lowest BCUT2D eigenvalue weighted by Crippen LogP contribution is -2.20. The van der Waals surface area contributed by atoms with Crippen molar-refractivity contribution in [3.8, 4) is 0 Å². The molecule has 0 saturated carbocycles. The lowest BCUT2D eigenvalue weighted by Gasteiger charge is -2.14. The number of thiophene rings is 1. The van der Waals surface area contributed by atoms with Gasteiger partial charge < -0.3 is 9.88 Å². The van der Waals surface area contributed by atoms with Crippen LogP contribution in [0.5, 0.6) is 0 Å². The fourth-order valence-corrected chi connectivity index (χ4v) is 3.59. The molecule has 2 aromatic heterocycles. The topological polar surface area (TPSA) is 29.9 Å². The van der Waals surface area contributed by atoms with Gasteiger partial charge in [-0.15, -0.1) is 11.3 Å². The first-order chi connectivity index (χ1) is 9.34. The van der Waals surface area contributed by atoms with E-state index in [9.17, 15) is 0 Å². The first-order valence-corrected chi connectivity index (χ1v) is 7.99. The van der Waals surface area contributed by atoms with Crippen LogP contribution in [0, 0.1) is 6.92 Å². The second-order valence-electron chi connectivity index (χ2n) is 5.24. The molecule has 0 saturated heterocycles. The molecule has 1 aliphatic rings. The highest BCUT2D eigenvalue weighted by Gasteiger charge is 2.14. The third-order valence-corrected chi connectivity index (χ3v) is 4.92. The molecule has 0 amide bonds. The Hall–Kier alpha value is -1.13. The molecule has 0 aromatic carbocycles. The molecule has 19 heavy (non-hydrogen) atoms. The van der Waals surface area contributed by atoms with Crippen molar-refractivity contribution < 1.29 is 0 Å². The van der Waals surface area contributed by atoms with E-state index in [-0.39, 0.29) is 0 Å². The standard InChI is InChI=1S/C15H21N3S/c1-12-6-9-19-15(12)10-16-7-8-18-11-17-13-4-2-3-5-14(13)18/h6,9,11,16H,2-5,7-8,10H2,1H3. The second-order valence-corrected chi connectivity index (χ2v) is 6.24. The Bertz CT molecular complexity index is 541. The van der Waals surface area contributed by atoms with Crippen molar-refractivity contribution in [2.75, 3.05) is 6.54 Å². The fraction of sp³-hybridized carbons (Fsp3) is 0.533. The Morgan fingerprint density at radius 1 is 1.37 bits per heavy atom. The van der Waals surface area contributed by atoms with E-state index in [0.717, 1.165) is 19.6 Å². The van der Waals surface area contributed by atoms with Gasteiger partial charge >= 0.3 is 0 Å². The highest BCUT2D eigenvalue weighted by atomic mass is 32.1. The smallest absolute Gasteiger partial charge is 0.0952 e. The van der Waals surface area contributed by atoms with Gasteiger partial charge in [-0.1, -0.05) is 0 Å². The van der Waals surface area contributed by atoms with Crippen LogP contribution in [0.2, 0.25) is 0 Å². The van der Waals surface area contributed by atoms with Crippen molar-refractivity contribution in [3.63, 3.8) is 0 Å². The number of aryl methyl sites for hydroxylation is 2. The molecular formula is C15H21N3S. The second kappa shape index (κ2) is 5.88. The van der Waals surface area contributed by atoms with Gasteiger partial charge in [-0.2, -0.15) is 0 Å². The Kier molecular flexibility index (Phi) is 3.99.